The molecular formula is C37H36N2O5S2. The van der Waals surface area contributed by atoms with Crippen molar-refractivity contribution in [3.63, 3.8) is 0 Å². The molecule has 4 unspecified atom stereocenters. The number of ether oxygens (including phenoxy) is 3. The third kappa shape index (κ3) is 7.68. The van der Waals surface area contributed by atoms with Gasteiger partial charge in [0.2, 0.25) is 0 Å². The molecule has 2 heterocycles. The lowest BCUT2D eigenvalue weighted by atomic mass is 9.91. The number of aliphatic hydroxyl groups excluding tert-OH is 1. The lowest BCUT2D eigenvalue weighted by Gasteiger charge is -2.41. The molecule has 4 aromatic carbocycles. The number of fused-ring (bicyclic) bond motifs is 1. The Morgan fingerprint density at radius 3 is 2.54 bits per heavy atom. The largest absolute Gasteiger partial charge is 0.445 e. The molecule has 1 aliphatic heterocycles. The first-order valence-corrected chi connectivity index (χ1v) is 17.0. The van der Waals surface area contributed by atoms with Crippen LogP contribution >= 0.6 is 23.1 Å². The molecule has 9 heteroatoms. The molecule has 1 amide bonds. The number of rotatable bonds is 11. The van der Waals surface area contributed by atoms with Crippen LogP contribution in [-0.4, -0.2) is 34.6 Å². The van der Waals surface area contributed by atoms with Crippen LogP contribution in [0.3, 0.4) is 0 Å². The van der Waals surface area contributed by atoms with Crippen LogP contribution < -0.4 is 5.32 Å². The van der Waals surface area contributed by atoms with E-state index in [0.29, 0.717) is 6.54 Å². The Labute approximate surface area is 277 Å². The Morgan fingerprint density at radius 1 is 0.978 bits per heavy atom. The van der Waals surface area contributed by atoms with Crippen molar-refractivity contribution in [3.05, 3.63) is 132 Å². The van der Waals surface area contributed by atoms with Crippen molar-refractivity contribution in [1.29, 1.82) is 0 Å². The van der Waals surface area contributed by atoms with E-state index in [-0.39, 0.29) is 31.3 Å². The fourth-order valence-corrected chi connectivity index (χ4v) is 7.72. The van der Waals surface area contributed by atoms with Crippen LogP contribution in [0.2, 0.25) is 0 Å². The number of hydrogen-bond acceptors (Lipinski definition) is 8. The van der Waals surface area contributed by atoms with E-state index in [1.165, 1.54) is 10.8 Å². The number of thiazole rings is 1. The summed E-state index contributed by atoms with van der Waals surface area (Å²) in [5.41, 5.74) is 6.84. The zero-order valence-corrected chi connectivity index (χ0v) is 27.1. The fraction of sp³-hybridized carbons (Fsp3) is 0.243. The van der Waals surface area contributed by atoms with Gasteiger partial charge in [0.15, 0.2) is 10.6 Å². The third-order valence-corrected chi connectivity index (χ3v) is 10.2. The van der Waals surface area contributed by atoms with Crippen LogP contribution in [0.5, 0.6) is 0 Å². The first kappa shape index (κ1) is 32.0. The van der Waals surface area contributed by atoms with Crippen LogP contribution in [-0.2, 0) is 27.4 Å². The molecule has 1 saturated heterocycles. The van der Waals surface area contributed by atoms with Crippen molar-refractivity contribution in [1.82, 2.24) is 10.3 Å². The Balaban J connectivity index is 1.23. The molecule has 1 aromatic heterocycles. The van der Waals surface area contributed by atoms with Crippen molar-refractivity contribution in [3.8, 4) is 11.1 Å². The SMILES string of the molecule is C=CCOC(=O)NCc1cccc(-c2cccc(C3OC(CSc4nc5ccccc5s4)C(C)C(c4ccc(CO)cc4)O3)c2)c1. The maximum Gasteiger partial charge on any atom is 0.407 e. The van der Waals surface area contributed by atoms with Gasteiger partial charge in [0.05, 0.1) is 29.0 Å². The minimum atomic E-state index is -0.580. The minimum Gasteiger partial charge on any atom is -0.445 e. The molecule has 7 nitrogen and oxygen atoms in total. The summed E-state index contributed by atoms with van der Waals surface area (Å²) in [5.74, 6) is 0.805. The number of benzene rings is 4. The summed E-state index contributed by atoms with van der Waals surface area (Å²) in [6, 6.07) is 32.4. The molecule has 236 valence electrons. The van der Waals surface area contributed by atoms with Gasteiger partial charge in [0.25, 0.3) is 0 Å². The second-order valence-corrected chi connectivity index (χ2v) is 13.4. The molecule has 0 saturated carbocycles. The van der Waals surface area contributed by atoms with Gasteiger partial charge >= 0.3 is 6.09 Å². The first-order valence-electron chi connectivity index (χ1n) is 15.2. The summed E-state index contributed by atoms with van der Waals surface area (Å²) < 4.78 is 20.6. The highest BCUT2D eigenvalue weighted by Gasteiger charge is 2.38. The number of hydrogen-bond donors (Lipinski definition) is 2. The second kappa shape index (κ2) is 15.1. The second-order valence-electron chi connectivity index (χ2n) is 11.1. The van der Waals surface area contributed by atoms with E-state index in [1.54, 1.807) is 23.1 Å². The van der Waals surface area contributed by atoms with Crippen molar-refractivity contribution in [2.24, 2.45) is 5.92 Å². The van der Waals surface area contributed by atoms with Gasteiger partial charge in [-0.1, -0.05) is 104 Å². The number of aromatic nitrogens is 1. The van der Waals surface area contributed by atoms with Crippen LogP contribution in [0.4, 0.5) is 4.79 Å². The molecule has 0 bridgehead atoms. The number of amides is 1. The normalized spacial score (nSPS) is 19.5. The van der Waals surface area contributed by atoms with E-state index in [0.717, 1.165) is 49.0 Å². The van der Waals surface area contributed by atoms with Gasteiger partial charge in [-0.3, -0.25) is 0 Å². The number of para-hydroxylation sites is 1. The van der Waals surface area contributed by atoms with E-state index in [4.69, 9.17) is 19.2 Å². The summed E-state index contributed by atoms with van der Waals surface area (Å²) >= 11 is 3.42. The topological polar surface area (TPSA) is 89.9 Å². The average molecular weight is 653 g/mol. The highest BCUT2D eigenvalue weighted by atomic mass is 32.2. The molecule has 0 aliphatic carbocycles. The van der Waals surface area contributed by atoms with E-state index >= 15 is 0 Å². The molecular weight excluding hydrogens is 617 g/mol. The number of nitrogens with zero attached hydrogens (tertiary/aromatic N) is 1. The van der Waals surface area contributed by atoms with Crippen molar-refractivity contribution in [2.45, 2.75) is 42.9 Å². The first-order chi connectivity index (χ1) is 22.5. The van der Waals surface area contributed by atoms with Crippen LogP contribution in [0, 0.1) is 5.92 Å². The van der Waals surface area contributed by atoms with Crippen molar-refractivity contribution in [2.75, 3.05) is 12.4 Å². The van der Waals surface area contributed by atoms with Crippen LogP contribution in [0.25, 0.3) is 21.3 Å². The number of thioether (sulfide) groups is 1. The Bertz CT molecular complexity index is 1760. The molecule has 4 atom stereocenters. The smallest absolute Gasteiger partial charge is 0.407 e. The minimum absolute atomic E-state index is 0.00201. The van der Waals surface area contributed by atoms with Crippen LogP contribution in [0.1, 0.15) is 41.6 Å². The zero-order chi connectivity index (χ0) is 31.9. The van der Waals surface area contributed by atoms with Gasteiger partial charge in [-0.05, 0) is 52.1 Å². The molecule has 6 rings (SSSR count). The number of carbonyl (C=O) groups is 1. The van der Waals surface area contributed by atoms with E-state index in [9.17, 15) is 9.90 Å². The molecule has 0 radical (unpaired) electrons. The fourth-order valence-electron chi connectivity index (χ4n) is 5.46. The third-order valence-electron chi connectivity index (χ3n) is 7.96. The lowest BCUT2D eigenvalue weighted by molar-refractivity contribution is -0.268. The van der Waals surface area contributed by atoms with Crippen LogP contribution in [0.15, 0.2) is 114 Å². The average Bonchev–Trinajstić information content (AvgIpc) is 3.53. The number of nitrogens with one attached hydrogen (secondary N) is 1. The van der Waals surface area contributed by atoms with Crippen molar-refractivity contribution >= 4 is 39.4 Å². The van der Waals surface area contributed by atoms with E-state index in [2.05, 4.69) is 43.1 Å². The Kier molecular flexibility index (Phi) is 10.5. The summed E-state index contributed by atoms with van der Waals surface area (Å²) in [6.07, 6.45) is 0.170. The quantitative estimate of drug-likeness (QED) is 0.109. The number of aliphatic hydroxyl groups is 1. The molecule has 1 aliphatic rings. The predicted octanol–water partition coefficient (Wildman–Crippen LogP) is 8.45. The zero-order valence-electron chi connectivity index (χ0n) is 25.5. The van der Waals surface area contributed by atoms with Gasteiger partial charge in [-0.2, -0.15) is 0 Å². The maximum absolute atomic E-state index is 11.9. The van der Waals surface area contributed by atoms with Gasteiger partial charge in [-0.25, -0.2) is 9.78 Å². The molecule has 0 spiro atoms. The standard InChI is InChI=1S/C37H36N2O5S2/c1-3-18-42-36(41)38-21-26-8-6-9-28(19-26)29-10-7-11-30(20-29)35-43-32(23-45-37-39-31-12-4-5-13-33(31)46-37)24(2)34(44-35)27-16-14-25(22-40)15-17-27/h3-17,19-20,24,32,34-35,40H,1,18,21-23H2,2H3,(H,38,41). The maximum atomic E-state index is 11.9. The monoisotopic (exact) mass is 652 g/mol. The Morgan fingerprint density at radius 2 is 1.76 bits per heavy atom. The summed E-state index contributed by atoms with van der Waals surface area (Å²) in [4.78, 5) is 16.7. The number of carbonyl (C=O) groups excluding carboxylic acids is 1. The van der Waals surface area contributed by atoms with Gasteiger partial charge in [0, 0.05) is 23.8 Å². The van der Waals surface area contributed by atoms with Gasteiger partial charge < -0.3 is 24.6 Å². The predicted molar refractivity (Wildman–Crippen MR) is 184 cm³/mol. The molecule has 2 N–H and O–H groups in total. The molecule has 46 heavy (non-hydrogen) atoms. The summed E-state index contributed by atoms with van der Waals surface area (Å²) in [5, 5.41) is 12.4. The molecule has 1 fully saturated rings. The highest BCUT2D eigenvalue weighted by molar-refractivity contribution is 8.01. The van der Waals surface area contributed by atoms with Crippen molar-refractivity contribution < 1.29 is 24.1 Å². The number of alkyl carbamates (subject to hydrolysis) is 1. The van der Waals surface area contributed by atoms with E-state index in [1.807, 2.05) is 72.8 Å². The molecule has 5 aromatic rings. The summed E-state index contributed by atoms with van der Waals surface area (Å²) in [6.45, 7) is 6.25. The van der Waals surface area contributed by atoms with Gasteiger partial charge in [0.1, 0.15) is 6.61 Å². The van der Waals surface area contributed by atoms with E-state index < -0.39 is 12.4 Å². The lowest BCUT2D eigenvalue weighted by Crippen LogP contribution is -2.38. The summed E-state index contributed by atoms with van der Waals surface area (Å²) in [7, 11) is 0. The van der Waals surface area contributed by atoms with Gasteiger partial charge in [-0.15, -0.1) is 11.3 Å². The highest BCUT2D eigenvalue weighted by Crippen LogP contribution is 2.44. The Hall–Kier alpha value is -3.99.